The quantitative estimate of drug-likeness (QED) is 0.486. The van der Waals surface area contributed by atoms with Gasteiger partial charge in [0.2, 0.25) is 5.16 Å². The van der Waals surface area contributed by atoms with Gasteiger partial charge in [-0.2, -0.15) is 0 Å². The van der Waals surface area contributed by atoms with E-state index in [1.807, 2.05) is 31.2 Å². The van der Waals surface area contributed by atoms with Gasteiger partial charge in [-0.25, -0.2) is 9.37 Å². The minimum atomic E-state index is -0.275. The van der Waals surface area contributed by atoms with Crippen molar-refractivity contribution in [3.05, 3.63) is 65.7 Å². The molecule has 0 atom stereocenters. The van der Waals surface area contributed by atoms with Crippen LogP contribution in [0.5, 0.6) is 11.5 Å². The number of hydrogen-bond donors (Lipinski definition) is 1. The molecule has 0 unspecified atom stereocenters. The molecule has 2 aromatic carbocycles. The van der Waals surface area contributed by atoms with Crippen LogP contribution in [0.25, 0.3) is 0 Å². The summed E-state index contributed by atoms with van der Waals surface area (Å²) in [5.74, 6) is 2.56. The number of aromatic nitrogens is 3. The van der Waals surface area contributed by atoms with E-state index in [1.54, 1.807) is 12.1 Å². The first-order valence-electron chi connectivity index (χ1n) is 7.81. The van der Waals surface area contributed by atoms with Crippen LogP contribution in [0.1, 0.15) is 11.4 Å². The lowest BCUT2D eigenvalue weighted by atomic mass is 10.2. The first kappa shape index (κ1) is 17.3. The van der Waals surface area contributed by atoms with Crippen LogP contribution < -0.4 is 9.47 Å². The van der Waals surface area contributed by atoms with Gasteiger partial charge in [-0.15, -0.1) is 5.10 Å². The van der Waals surface area contributed by atoms with E-state index < -0.39 is 0 Å². The van der Waals surface area contributed by atoms with E-state index in [0.29, 0.717) is 35.7 Å². The second kappa shape index (κ2) is 8.53. The molecule has 0 saturated carbocycles. The van der Waals surface area contributed by atoms with E-state index in [2.05, 4.69) is 15.2 Å². The molecule has 7 heteroatoms. The van der Waals surface area contributed by atoms with Crippen molar-refractivity contribution in [2.45, 2.75) is 18.7 Å². The summed E-state index contributed by atoms with van der Waals surface area (Å²) >= 11 is 1.48. The zero-order chi connectivity index (χ0) is 17.5. The van der Waals surface area contributed by atoms with Gasteiger partial charge in [0.05, 0.1) is 6.61 Å². The lowest BCUT2D eigenvalue weighted by molar-refractivity contribution is 0.294. The van der Waals surface area contributed by atoms with E-state index in [-0.39, 0.29) is 5.82 Å². The minimum absolute atomic E-state index is 0.275. The maximum atomic E-state index is 12.8. The van der Waals surface area contributed by atoms with Crippen molar-refractivity contribution >= 4 is 11.8 Å². The molecule has 0 saturated heterocycles. The summed E-state index contributed by atoms with van der Waals surface area (Å²) < 4.78 is 24.1. The van der Waals surface area contributed by atoms with E-state index >= 15 is 0 Å². The number of hydrogen-bond acceptors (Lipinski definition) is 5. The van der Waals surface area contributed by atoms with E-state index in [1.165, 1.54) is 23.9 Å². The standard InChI is InChI=1S/C18H18FN3O2S/c1-13-4-2-3-5-16(13)24-12-17-20-18(22-21-17)25-11-10-23-15-8-6-14(19)7-9-15/h2-9H,10-12H2,1H3,(H,20,21,22). The fraction of sp³-hybridized carbons (Fsp3) is 0.222. The number of aryl methyl sites for hydroxylation is 1. The van der Waals surface area contributed by atoms with Crippen LogP contribution in [0.3, 0.4) is 0 Å². The first-order valence-corrected chi connectivity index (χ1v) is 8.80. The Balaban J connectivity index is 1.41. The van der Waals surface area contributed by atoms with Gasteiger partial charge in [-0.3, -0.25) is 5.10 Å². The van der Waals surface area contributed by atoms with Crippen molar-refractivity contribution in [3.63, 3.8) is 0 Å². The predicted octanol–water partition coefficient (Wildman–Crippen LogP) is 4.00. The number of nitrogens with zero attached hydrogens (tertiary/aromatic N) is 2. The van der Waals surface area contributed by atoms with Gasteiger partial charge in [-0.05, 0) is 42.8 Å². The Kier molecular flexibility index (Phi) is 5.90. The summed E-state index contributed by atoms with van der Waals surface area (Å²) in [6.07, 6.45) is 0. The third-order valence-corrected chi connectivity index (χ3v) is 4.18. The van der Waals surface area contributed by atoms with Crippen molar-refractivity contribution in [2.75, 3.05) is 12.4 Å². The van der Waals surface area contributed by atoms with Gasteiger partial charge in [-0.1, -0.05) is 30.0 Å². The molecule has 0 radical (unpaired) electrons. The average molecular weight is 359 g/mol. The normalized spacial score (nSPS) is 10.6. The molecule has 1 N–H and O–H groups in total. The summed E-state index contributed by atoms with van der Waals surface area (Å²) in [5, 5.41) is 7.66. The molecule has 130 valence electrons. The lowest BCUT2D eigenvalue weighted by Crippen LogP contribution is -2.00. The number of rotatable bonds is 8. The van der Waals surface area contributed by atoms with Crippen molar-refractivity contribution in [3.8, 4) is 11.5 Å². The van der Waals surface area contributed by atoms with Crippen molar-refractivity contribution in [2.24, 2.45) is 0 Å². The molecule has 0 aliphatic rings. The molecule has 0 aliphatic heterocycles. The average Bonchev–Trinajstić information content (AvgIpc) is 3.07. The minimum Gasteiger partial charge on any atom is -0.493 e. The molecule has 0 fully saturated rings. The van der Waals surface area contributed by atoms with Crippen LogP contribution in [0, 0.1) is 12.7 Å². The van der Waals surface area contributed by atoms with Gasteiger partial charge < -0.3 is 9.47 Å². The Labute approximate surface area is 149 Å². The smallest absolute Gasteiger partial charge is 0.208 e. The Morgan fingerprint density at radius 1 is 1.08 bits per heavy atom. The number of benzene rings is 2. The predicted molar refractivity (Wildman–Crippen MR) is 94.5 cm³/mol. The Morgan fingerprint density at radius 2 is 1.88 bits per heavy atom. The number of nitrogens with one attached hydrogen (secondary N) is 1. The zero-order valence-electron chi connectivity index (χ0n) is 13.7. The van der Waals surface area contributed by atoms with E-state index in [4.69, 9.17) is 9.47 Å². The SMILES string of the molecule is Cc1ccccc1OCc1nc(SCCOc2ccc(F)cc2)n[nH]1. The van der Waals surface area contributed by atoms with Gasteiger partial charge in [0, 0.05) is 5.75 Å². The molecule has 1 aromatic heterocycles. The second-order valence-corrected chi connectivity index (χ2v) is 6.33. The van der Waals surface area contributed by atoms with Crippen LogP contribution in [0.15, 0.2) is 53.7 Å². The molecule has 0 amide bonds. The molecule has 1 heterocycles. The molecule has 3 aromatic rings. The highest BCUT2D eigenvalue weighted by Crippen LogP contribution is 2.18. The topological polar surface area (TPSA) is 60.0 Å². The summed E-state index contributed by atoms with van der Waals surface area (Å²) in [4.78, 5) is 4.38. The van der Waals surface area contributed by atoms with Crippen molar-refractivity contribution in [1.29, 1.82) is 0 Å². The highest BCUT2D eigenvalue weighted by Gasteiger charge is 2.06. The van der Waals surface area contributed by atoms with Crippen molar-refractivity contribution in [1.82, 2.24) is 15.2 Å². The van der Waals surface area contributed by atoms with Gasteiger partial charge in [0.15, 0.2) is 5.82 Å². The summed E-state index contributed by atoms with van der Waals surface area (Å²) in [6.45, 7) is 2.82. The van der Waals surface area contributed by atoms with Gasteiger partial charge >= 0.3 is 0 Å². The molecule has 3 rings (SSSR count). The highest BCUT2D eigenvalue weighted by atomic mass is 32.2. The fourth-order valence-electron chi connectivity index (χ4n) is 2.09. The maximum Gasteiger partial charge on any atom is 0.208 e. The molecular weight excluding hydrogens is 341 g/mol. The third-order valence-electron chi connectivity index (χ3n) is 3.37. The third kappa shape index (κ3) is 5.22. The zero-order valence-corrected chi connectivity index (χ0v) is 14.6. The molecule has 0 aliphatic carbocycles. The maximum absolute atomic E-state index is 12.8. The fourth-order valence-corrected chi connectivity index (χ4v) is 2.73. The molecular formula is C18H18FN3O2S. The number of para-hydroxylation sites is 1. The number of thioether (sulfide) groups is 1. The summed E-state index contributed by atoms with van der Waals surface area (Å²) in [7, 11) is 0. The van der Waals surface area contributed by atoms with Crippen molar-refractivity contribution < 1.29 is 13.9 Å². The van der Waals surface area contributed by atoms with Crippen LogP contribution in [0.4, 0.5) is 4.39 Å². The van der Waals surface area contributed by atoms with E-state index in [9.17, 15) is 4.39 Å². The van der Waals surface area contributed by atoms with Gasteiger partial charge in [0.25, 0.3) is 0 Å². The van der Waals surface area contributed by atoms with Crippen LogP contribution in [-0.2, 0) is 6.61 Å². The summed E-state index contributed by atoms with van der Waals surface area (Å²) in [6, 6.07) is 13.8. The monoisotopic (exact) mass is 359 g/mol. The number of halogens is 1. The van der Waals surface area contributed by atoms with Gasteiger partial charge in [0.1, 0.15) is 23.9 Å². The Hall–Kier alpha value is -2.54. The molecule has 0 bridgehead atoms. The number of H-pyrrole nitrogens is 1. The molecule has 5 nitrogen and oxygen atoms in total. The van der Waals surface area contributed by atoms with Crippen LogP contribution in [0.2, 0.25) is 0 Å². The Bertz CT molecular complexity index is 808. The second-order valence-electron chi connectivity index (χ2n) is 5.27. The number of aromatic amines is 1. The summed E-state index contributed by atoms with van der Waals surface area (Å²) in [5.41, 5.74) is 1.08. The largest absolute Gasteiger partial charge is 0.493 e. The lowest BCUT2D eigenvalue weighted by Gasteiger charge is -2.06. The van der Waals surface area contributed by atoms with E-state index in [0.717, 1.165) is 11.3 Å². The highest BCUT2D eigenvalue weighted by molar-refractivity contribution is 7.99. The molecule has 0 spiro atoms. The van der Waals surface area contributed by atoms with Crippen LogP contribution >= 0.6 is 11.8 Å². The Morgan fingerprint density at radius 3 is 2.68 bits per heavy atom. The first-order chi connectivity index (χ1) is 12.2. The number of ether oxygens (including phenoxy) is 2. The molecule has 25 heavy (non-hydrogen) atoms. The van der Waals surface area contributed by atoms with Crippen LogP contribution in [-0.4, -0.2) is 27.5 Å².